The van der Waals surface area contributed by atoms with Gasteiger partial charge in [0.05, 0.1) is 22.7 Å². The van der Waals surface area contributed by atoms with Crippen molar-refractivity contribution in [2.24, 2.45) is 5.92 Å². The fourth-order valence-electron chi connectivity index (χ4n) is 5.83. The van der Waals surface area contributed by atoms with E-state index in [4.69, 9.17) is 4.98 Å². The molecule has 2 N–H and O–H groups in total. The molecular formula is C28H29FN4O2. The Morgan fingerprint density at radius 2 is 1.86 bits per heavy atom. The van der Waals surface area contributed by atoms with E-state index >= 15 is 0 Å². The van der Waals surface area contributed by atoms with Crippen LogP contribution in [0.4, 0.5) is 4.39 Å². The summed E-state index contributed by atoms with van der Waals surface area (Å²) in [5.74, 6) is 1.90. The number of carbonyl (C=O) groups is 1. The molecule has 2 fully saturated rings. The molecule has 0 unspecified atom stereocenters. The number of amides is 1. The lowest BCUT2D eigenvalue weighted by Gasteiger charge is -2.35. The van der Waals surface area contributed by atoms with Crippen molar-refractivity contribution < 1.29 is 14.3 Å². The molecule has 4 aromatic rings. The monoisotopic (exact) mass is 472 g/mol. The van der Waals surface area contributed by atoms with Gasteiger partial charge in [-0.15, -0.1) is 0 Å². The molecule has 6 rings (SSSR count). The third kappa shape index (κ3) is 4.08. The topological polar surface area (TPSA) is 82.1 Å². The normalized spacial score (nSPS) is 21.9. The summed E-state index contributed by atoms with van der Waals surface area (Å²) in [6, 6.07) is 12.5. The number of H-pyrrole nitrogens is 1. The first-order valence-corrected chi connectivity index (χ1v) is 12.5. The van der Waals surface area contributed by atoms with Crippen molar-refractivity contribution in [2.45, 2.75) is 50.5 Å². The Kier molecular flexibility index (Phi) is 5.52. The predicted octanol–water partition coefficient (Wildman–Crippen LogP) is 5.14. The van der Waals surface area contributed by atoms with Crippen molar-refractivity contribution in [3.05, 3.63) is 71.4 Å². The number of imidazole rings is 1. The maximum atomic E-state index is 13.9. The number of halogens is 1. The molecule has 35 heavy (non-hydrogen) atoms. The Balaban J connectivity index is 1.16. The van der Waals surface area contributed by atoms with Crippen molar-refractivity contribution in [3.8, 4) is 0 Å². The van der Waals surface area contributed by atoms with E-state index < -0.39 is 6.10 Å². The van der Waals surface area contributed by atoms with E-state index in [0.717, 1.165) is 53.4 Å². The van der Waals surface area contributed by atoms with Gasteiger partial charge in [0, 0.05) is 36.2 Å². The summed E-state index contributed by atoms with van der Waals surface area (Å²) in [5, 5.41) is 10.4. The fourth-order valence-corrected chi connectivity index (χ4v) is 5.83. The van der Waals surface area contributed by atoms with Crippen molar-refractivity contribution >= 4 is 27.8 Å². The minimum Gasteiger partial charge on any atom is -0.389 e. The zero-order valence-electron chi connectivity index (χ0n) is 19.7. The minimum atomic E-state index is -0.407. The molecule has 1 aliphatic heterocycles. The summed E-state index contributed by atoms with van der Waals surface area (Å²) >= 11 is 0. The second kappa shape index (κ2) is 8.72. The number of nitrogens with zero attached hydrogens (tertiary/aromatic N) is 3. The highest BCUT2D eigenvalue weighted by atomic mass is 19.1. The van der Waals surface area contributed by atoms with Crippen molar-refractivity contribution in [1.82, 2.24) is 19.9 Å². The molecule has 1 saturated carbocycles. The Morgan fingerprint density at radius 3 is 2.63 bits per heavy atom. The van der Waals surface area contributed by atoms with E-state index in [1.165, 1.54) is 11.6 Å². The number of hydrogen-bond acceptors (Lipinski definition) is 4. The summed E-state index contributed by atoms with van der Waals surface area (Å²) in [6.07, 6.45) is 5.72. The maximum absolute atomic E-state index is 13.9. The van der Waals surface area contributed by atoms with Gasteiger partial charge in [-0.2, -0.15) is 0 Å². The van der Waals surface area contributed by atoms with Gasteiger partial charge in [-0.25, -0.2) is 9.37 Å². The van der Waals surface area contributed by atoms with Gasteiger partial charge in [-0.1, -0.05) is 6.92 Å². The number of aromatic amines is 1. The molecular weight excluding hydrogens is 443 g/mol. The molecule has 6 nitrogen and oxygen atoms in total. The molecule has 1 saturated heterocycles. The van der Waals surface area contributed by atoms with Gasteiger partial charge in [0.2, 0.25) is 0 Å². The van der Waals surface area contributed by atoms with E-state index in [2.05, 4.69) is 23.0 Å². The lowest BCUT2D eigenvalue weighted by molar-refractivity contribution is 0.00590. The molecule has 0 spiro atoms. The van der Waals surface area contributed by atoms with Crippen molar-refractivity contribution in [1.29, 1.82) is 0 Å². The van der Waals surface area contributed by atoms with Crippen LogP contribution in [0.3, 0.4) is 0 Å². The minimum absolute atomic E-state index is 0.0526. The third-order valence-corrected chi connectivity index (χ3v) is 7.98. The van der Waals surface area contributed by atoms with Gasteiger partial charge in [-0.05, 0) is 85.5 Å². The number of benzene rings is 2. The van der Waals surface area contributed by atoms with Crippen molar-refractivity contribution in [3.63, 3.8) is 0 Å². The van der Waals surface area contributed by atoms with Crippen LogP contribution in [0.25, 0.3) is 21.9 Å². The van der Waals surface area contributed by atoms with Crippen LogP contribution in [-0.4, -0.2) is 50.1 Å². The number of rotatable bonds is 4. The predicted molar refractivity (Wildman–Crippen MR) is 133 cm³/mol. The zero-order chi connectivity index (χ0) is 24.1. The number of pyridine rings is 1. The lowest BCUT2D eigenvalue weighted by atomic mass is 9.73. The van der Waals surface area contributed by atoms with Crippen LogP contribution in [0.15, 0.2) is 48.7 Å². The number of aliphatic hydroxyl groups excluding tert-OH is 1. The van der Waals surface area contributed by atoms with Crippen LogP contribution < -0.4 is 0 Å². The van der Waals surface area contributed by atoms with E-state index in [1.54, 1.807) is 17.0 Å². The number of aromatic nitrogens is 3. The second-order valence-electron chi connectivity index (χ2n) is 10.2. The Morgan fingerprint density at radius 1 is 1.09 bits per heavy atom. The van der Waals surface area contributed by atoms with Crippen LogP contribution >= 0.6 is 0 Å². The second-order valence-corrected chi connectivity index (χ2v) is 10.2. The summed E-state index contributed by atoms with van der Waals surface area (Å²) < 4.78 is 13.9. The SMILES string of the molecule is C[C@@H](c1nc2ccc(C(=O)N3CC(O)C3)cc2[nH]1)C1CCC(c2ccnc3ccc(F)cc23)CC1. The lowest BCUT2D eigenvalue weighted by Crippen LogP contribution is -2.53. The van der Waals surface area contributed by atoms with E-state index in [9.17, 15) is 14.3 Å². The molecule has 1 atom stereocenters. The summed E-state index contributed by atoms with van der Waals surface area (Å²) in [6.45, 7) is 3.03. The first-order chi connectivity index (χ1) is 17.0. The Hall–Kier alpha value is -3.32. The molecule has 0 bridgehead atoms. The smallest absolute Gasteiger partial charge is 0.254 e. The average molecular weight is 473 g/mol. The van der Waals surface area contributed by atoms with Crippen LogP contribution in [-0.2, 0) is 0 Å². The number of nitrogens with one attached hydrogen (secondary N) is 1. The highest BCUT2D eigenvalue weighted by Gasteiger charge is 2.31. The summed E-state index contributed by atoms with van der Waals surface area (Å²) in [7, 11) is 0. The molecule has 1 aliphatic carbocycles. The molecule has 1 amide bonds. The number of hydrogen-bond donors (Lipinski definition) is 2. The first kappa shape index (κ1) is 22.2. The number of aliphatic hydroxyl groups is 1. The van der Waals surface area contributed by atoms with Crippen LogP contribution in [0.1, 0.15) is 66.2 Å². The third-order valence-electron chi connectivity index (χ3n) is 7.98. The van der Waals surface area contributed by atoms with E-state index in [-0.39, 0.29) is 17.6 Å². The molecule has 2 aromatic heterocycles. The highest BCUT2D eigenvalue weighted by molar-refractivity contribution is 5.97. The highest BCUT2D eigenvalue weighted by Crippen LogP contribution is 2.43. The number of β-amino-alcohol motifs (C(OH)–C–C–N with tert-alkyl or cyclic N) is 1. The molecule has 0 radical (unpaired) electrons. The molecule has 3 heterocycles. The Labute approximate surface area is 203 Å². The number of fused-ring (bicyclic) bond motifs is 2. The zero-order valence-corrected chi connectivity index (χ0v) is 19.7. The molecule has 7 heteroatoms. The first-order valence-electron chi connectivity index (χ1n) is 12.5. The van der Waals surface area contributed by atoms with Gasteiger partial charge >= 0.3 is 0 Å². The average Bonchev–Trinajstić information content (AvgIpc) is 3.29. The van der Waals surface area contributed by atoms with E-state index in [0.29, 0.717) is 30.5 Å². The Bertz CT molecular complexity index is 1400. The standard InChI is InChI=1S/C28H29FN4O2/c1-16(27-31-25-8-6-19(12-26(25)32-27)28(35)33-14-21(34)15-33)17-2-4-18(5-3-17)22-10-11-30-24-9-7-20(29)13-23(22)24/h6-13,16-18,21,34H,2-5,14-15H2,1H3,(H,31,32)/t16-,17?,18?/m1/s1. The van der Waals surface area contributed by atoms with Crippen LogP contribution in [0.2, 0.25) is 0 Å². The van der Waals surface area contributed by atoms with Crippen LogP contribution in [0, 0.1) is 11.7 Å². The number of carbonyl (C=O) groups excluding carboxylic acids is 1. The summed E-state index contributed by atoms with van der Waals surface area (Å²) in [4.78, 5) is 27.0. The fraction of sp³-hybridized carbons (Fsp3) is 0.393. The van der Waals surface area contributed by atoms with Gasteiger partial charge in [0.1, 0.15) is 11.6 Å². The molecule has 2 aromatic carbocycles. The maximum Gasteiger partial charge on any atom is 0.254 e. The molecule has 180 valence electrons. The largest absolute Gasteiger partial charge is 0.389 e. The van der Waals surface area contributed by atoms with Crippen molar-refractivity contribution in [2.75, 3.05) is 13.1 Å². The molecule has 2 aliphatic rings. The number of likely N-dealkylation sites (tertiary alicyclic amines) is 1. The van der Waals surface area contributed by atoms with E-state index in [1.807, 2.05) is 24.4 Å². The van der Waals surface area contributed by atoms with Gasteiger partial charge in [0.15, 0.2) is 0 Å². The summed E-state index contributed by atoms with van der Waals surface area (Å²) in [5.41, 5.74) is 4.42. The van der Waals surface area contributed by atoms with Crippen LogP contribution in [0.5, 0.6) is 0 Å². The van der Waals surface area contributed by atoms with Gasteiger partial charge < -0.3 is 15.0 Å². The van der Waals surface area contributed by atoms with Gasteiger partial charge in [0.25, 0.3) is 5.91 Å². The van der Waals surface area contributed by atoms with Gasteiger partial charge in [-0.3, -0.25) is 9.78 Å². The quantitative estimate of drug-likeness (QED) is 0.431.